The van der Waals surface area contributed by atoms with Gasteiger partial charge in [-0.2, -0.15) is 0 Å². The summed E-state index contributed by atoms with van der Waals surface area (Å²) in [5.74, 6) is 0. The van der Waals surface area contributed by atoms with Crippen molar-refractivity contribution >= 4 is 6.03 Å². The Bertz CT molecular complexity index is 530. The molecule has 1 fully saturated rings. The molecular formula is C19H31N3O. The highest BCUT2D eigenvalue weighted by Gasteiger charge is 2.46. The molecule has 0 radical (unpaired) electrons. The molecule has 1 heterocycles. The van der Waals surface area contributed by atoms with Gasteiger partial charge in [0, 0.05) is 23.7 Å². The van der Waals surface area contributed by atoms with E-state index >= 15 is 0 Å². The van der Waals surface area contributed by atoms with Gasteiger partial charge in [-0.25, -0.2) is 4.79 Å². The van der Waals surface area contributed by atoms with Crippen LogP contribution in [0.3, 0.4) is 0 Å². The summed E-state index contributed by atoms with van der Waals surface area (Å²) in [6.45, 7) is 11.1. The maximum Gasteiger partial charge on any atom is 0.318 e. The molecule has 0 unspecified atom stereocenters. The lowest BCUT2D eigenvalue weighted by molar-refractivity contribution is 0.00325. The van der Waals surface area contributed by atoms with Crippen LogP contribution in [0.1, 0.15) is 51.7 Å². The van der Waals surface area contributed by atoms with Gasteiger partial charge < -0.3 is 16.0 Å². The van der Waals surface area contributed by atoms with E-state index in [1.807, 2.05) is 4.90 Å². The molecule has 1 aromatic rings. The topological polar surface area (TPSA) is 58.4 Å². The van der Waals surface area contributed by atoms with Gasteiger partial charge in [-0.3, -0.25) is 0 Å². The SMILES string of the molecule is Cc1ccc(CCNC(=O)N2C(C)(C)CC(N)CC2(C)C)cc1. The van der Waals surface area contributed by atoms with Crippen molar-refractivity contribution in [1.82, 2.24) is 10.2 Å². The van der Waals surface area contributed by atoms with E-state index in [9.17, 15) is 4.79 Å². The molecule has 0 bridgehead atoms. The van der Waals surface area contributed by atoms with Gasteiger partial charge in [0.25, 0.3) is 0 Å². The summed E-state index contributed by atoms with van der Waals surface area (Å²) < 4.78 is 0. The Kier molecular flexibility index (Phi) is 5.04. The predicted molar refractivity (Wildman–Crippen MR) is 95.5 cm³/mol. The van der Waals surface area contributed by atoms with Crippen LogP contribution in [0.15, 0.2) is 24.3 Å². The summed E-state index contributed by atoms with van der Waals surface area (Å²) in [6, 6.07) is 8.62. The number of hydrogen-bond acceptors (Lipinski definition) is 2. The first-order chi connectivity index (χ1) is 10.6. The first-order valence-corrected chi connectivity index (χ1v) is 8.51. The maximum atomic E-state index is 12.8. The Morgan fingerprint density at radius 2 is 1.70 bits per heavy atom. The fourth-order valence-corrected chi connectivity index (χ4v) is 4.05. The Balaban J connectivity index is 1.97. The van der Waals surface area contributed by atoms with Crippen LogP contribution >= 0.6 is 0 Å². The van der Waals surface area contributed by atoms with Crippen LogP contribution in [0, 0.1) is 6.92 Å². The van der Waals surface area contributed by atoms with E-state index in [0.717, 1.165) is 19.3 Å². The first kappa shape index (κ1) is 17.8. The maximum absolute atomic E-state index is 12.8. The highest BCUT2D eigenvalue weighted by atomic mass is 16.2. The minimum Gasteiger partial charge on any atom is -0.338 e. The average molecular weight is 317 g/mol. The number of carbonyl (C=O) groups excluding carboxylic acids is 1. The number of rotatable bonds is 3. The molecule has 4 heteroatoms. The number of nitrogens with zero attached hydrogens (tertiary/aromatic N) is 1. The molecule has 128 valence electrons. The van der Waals surface area contributed by atoms with Gasteiger partial charge in [0.05, 0.1) is 0 Å². The molecule has 1 aliphatic heterocycles. The molecule has 1 saturated heterocycles. The average Bonchev–Trinajstić information content (AvgIpc) is 2.37. The van der Waals surface area contributed by atoms with Crippen LogP contribution in [0.5, 0.6) is 0 Å². The lowest BCUT2D eigenvalue weighted by Crippen LogP contribution is -2.67. The summed E-state index contributed by atoms with van der Waals surface area (Å²) in [6.07, 6.45) is 2.52. The highest BCUT2D eigenvalue weighted by Crippen LogP contribution is 2.37. The van der Waals surface area contributed by atoms with Crippen molar-refractivity contribution in [2.75, 3.05) is 6.54 Å². The van der Waals surface area contributed by atoms with Crippen LogP contribution in [0.4, 0.5) is 4.79 Å². The third-order valence-corrected chi connectivity index (χ3v) is 4.75. The van der Waals surface area contributed by atoms with Crippen molar-refractivity contribution in [3.63, 3.8) is 0 Å². The quantitative estimate of drug-likeness (QED) is 0.899. The standard InChI is InChI=1S/C19H31N3O/c1-14-6-8-15(9-7-14)10-11-21-17(23)22-18(2,3)12-16(20)13-19(22,4)5/h6-9,16H,10-13,20H2,1-5H3,(H,21,23). The largest absolute Gasteiger partial charge is 0.338 e. The number of carbonyl (C=O) groups is 1. The third kappa shape index (κ3) is 4.25. The molecule has 1 aliphatic rings. The van der Waals surface area contributed by atoms with Crippen LogP contribution in [0.2, 0.25) is 0 Å². The normalized spacial score (nSPS) is 20.3. The summed E-state index contributed by atoms with van der Waals surface area (Å²) in [7, 11) is 0. The molecule has 4 nitrogen and oxygen atoms in total. The van der Waals surface area contributed by atoms with Gasteiger partial charge in [-0.05, 0) is 59.4 Å². The molecule has 0 atom stereocenters. The molecule has 0 aliphatic carbocycles. The number of benzene rings is 1. The van der Waals surface area contributed by atoms with Gasteiger partial charge in [0.15, 0.2) is 0 Å². The number of amides is 2. The second-order valence-electron chi connectivity index (χ2n) is 8.10. The van der Waals surface area contributed by atoms with Gasteiger partial charge >= 0.3 is 6.03 Å². The van der Waals surface area contributed by atoms with Gasteiger partial charge in [-0.1, -0.05) is 29.8 Å². The number of urea groups is 1. The Morgan fingerprint density at radius 3 is 2.22 bits per heavy atom. The van der Waals surface area contributed by atoms with E-state index in [1.165, 1.54) is 11.1 Å². The summed E-state index contributed by atoms with van der Waals surface area (Å²) in [4.78, 5) is 14.7. The summed E-state index contributed by atoms with van der Waals surface area (Å²) in [5.41, 5.74) is 8.23. The van der Waals surface area contributed by atoms with Crippen molar-refractivity contribution in [1.29, 1.82) is 0 Å². The minimum atomic E-state index is -0.227. The number of piperidine rings is 1. The van der Waals surface area contributed by atoms with Crippen LogP contribution < -0.4 is 11.1 Å². The lowest BCUT2D eigenvalue weighted by Gasteiger charge is -2.54. The van der Waals surface area contributed by atoms with Crippen LogP contribution in [-0.4, -0.2) is 34.6 Å². The molecule has 0 saturated carbocycles. The molecule has 0 spiro atoms. The van der Waals surface area contributed by atoms with Crippen molar-refractivity contribution in [2.45, 2.75) is 71.0 Å². The minimum absolute atomic E-state index is 0.0130. The highest BCUT2D eigenvalue weighted by molar-refractivity contribution is 5.76. The Hall–Kier alpha value is -1.55. The van der Waals surface area contributed by atoms with E-state index in [1.54, 1.807) is 0 Å². The zero-order valence-electron chi connectivity index (χ0n) is 15.1. The number of likely N-dealkylation sites (tertiary alicyclic amines) is 1. The number of nitrogens with two attached hydrogens (primary N) is 1. The van der Waals surface area contributed by atoms with Crippen molar-refractivity contribution in [2.24, 2.45) is 5.73 Å². The van der Waals surface area contributed by atoms with Gasteiger partial charge in [0.2, 0.25) is 0 Å². The number of nitrogens with one attached hydrogen (secondary N) is 1. The van der Waals surface area contributed by atoms with Crippen LogP contribution in [0.25, 0.3) is 0 Å². The van der Waals surface area contributed by atoms with E-state index in [0.29, 0.717) is 6.54 Å². The smallest absolute Gasteiger partial charge is 0.318 e. The van der Waals surface area contributed by atoms with E-state index < -0.39 is 0 Å². The van der Waals surface area contributed by atoms with Gasteiger partial charge in [0.1, 0.15) is 0 Å². The molecule has 3 N–H and O–H groups in total. The van der Waals surface area contributed by atoms with Crippen molar-refractivity contribution < 1.29 is 4.79 Å². The molecule has 0 aromatic heterocycles. The summed E-state index contributed by atoms with van der Waals surface area (Å²) in [5, 5.41) is 3.09. The Labute approximate surface area is 140 Å². The Morgan fingerprint density at radius 1 is 1.17 bits per heavy atom. The van der Waals surface area contributed by atoms with E-state index in [4.69, 9.17) is 5.73 Å². The number of aryl methyl sites for hydroxylation is 1. The summed E-state index contributed by atoms with van der Waals surface area (Å²) >= 11 is 0. The van der Waals surface area contributed by atoms with Crippen LogP contribution in [-0.2, 0) is 6.42 Å². The van der Waals surface area contributed by atoms with Gasteiger partial charge in [-0.15, -0.1) is 0 Å². The second kappa shape index (κ2) is 6.52. The van der Waals surface area contributed by atoms with E-state index in [2.05, 4.69) is 64.2 Å². The zero-order chi connectivity index (χ0) is 17.3. The molecule has 2 amide bonds. The lowest BCUT2D eigenvalue weighted by atomic mass is 9.77. The molecule has 1 aromatic carbocycles. The first-order valence-electron chi connectivity index (χ1n) is 8.51. The second-order valence-corrected chi connectivity index (χ2v) is 8.10. The van der Waals surface area contributed by atoms with Crippen molar-refractivity contribution in [3.05, 3.63) is 35.4 Å². The molecular weight excluding hydrogens is 286 g/mol. The monoisotopic (exact) mass is 317 g/mol. The zero-order valence-corrected chi connectivity index (χ0v) is 15.1. The molecule has 23 heavy (non-hydrogen) atoms. The number of hydrogen-bond donors (Lipinski definition) is 2. The molecule has 2 rings (SSSR count). The van der Waals surface area contributed by atoms with Crippen molar-refractivity contribution in [3.8, 4) is 0 Å². The fourth-order valence-electron chi connectivity index (χ4n) is 4.05. The third-order valence-electron chi connectivity index (χ3n) is 4.75. The fraction of sp³-hybridized carbons (Fsp3) is 0.632. The predicted octanol–water partition coefficient (Wildman–Crippen LogP) is 3.23. The van der Waals surface area contributed by atoms with E-state index in [-0.39, 0.29) is 23.2 Å².